The van der Waals surface area contributed by atoms with Gasteiger partial charge in [0.2, 0.25) is 5.91 Å². The Labute approximate surface area is 151 Å². The molecule has 0 atom stereocenters. The summed E-state index contributed by atoms with van der Waals surface area (Å²) >= 11 is 0. The number of Topliss-reactive ketones (excluding diaryl/α,β-unsaturated/α-hetero) is 1. The van der Waals surface area contributed by atoms with E-state index in [9.17, 15) is 14.4 Å². The molecule has 0 bridgehead atoms. The van der Waals surface area contributed by atoms with Gasteiger partial charge in [-0.1, -0.05) is 30.3 Å². The van der Waals surface area contributed by atoms with E-state index in [1.807, 2.05) is 18.2 Å². The minimum atomic E-state index is -0.357. The lowest BCUT2D eigenvalue weighted by Gasteiger charge is -2.13. The normalized spacial score (nSPS) is 13.4. The summed E-state index contributed by atoms with van der Waals surface area (Å²) in [6.45, 7) is 0.916. The minimum Gasteiger partial charge on any atom is -0.447 e. The first-order chi connectivity index (χ1) is 12.6. The van der Waals surface area contributed by atoms with Crippen LogP contribution < -0.4 is 10.2 Å². The summed E-state index contributed by atoms with van der Waals surface area (Å²) in [6, 6.07) is 16.1. The number of benzene rings is 2. The SMILES string of the molecule is O=C(CCCC(=O)c1ccccc1)Nc1ccc(N2CCOC2=O)cc1. The summed E-state index contributed by atoms with van der Waals surface area (Å²) in [5, 5.41) is 2.80. The molecule has 0 unspecified atom stereocenters. The van der Waals surface area contributed by atoms with Crippen LogP contribution in [0.1, 0.15) is 29.6 Å². The average Bonchev–Trinajstić information content (AvgIpc) is 3.09. The van der Waals surface area contributed by atoms with Crippen LogP contribution in [0.25, 0.3) is 0 Å². The molecule has 134 valence electrons. The number of hydrogen-bond donors (Lipinski definition) is 1. The molecule has 6 nitrogen and oxygen atoms in total. The van der Waals surface area contributed by atoms with Crippen LogP contribution in [0.4, 0.5) is 16.2 Å². The molecule has 1 heterocycles. The van der Waals surface area contributed by atoms with Crippen molar-refractivity contribution in [2.75, 3.05) is 23.4 Å². The Balaban J connectivity index is 1.44. The lowest BCUT2D eigenvalue weighted by Crippen LogP contribution is -2.23. The van der Waals surface area contributed by atoms with Gasteiger partial charge in [-0.05, 0) is 30.7 Å². The molecular formula is C20H20N2O4. The van der Waals surface area contributed by atoms with Crippen LogP contribution in [0.2, 0.25) is 0 Å². The van der Waals surface area contributed by atoms with Gasteiger partial charge in [-0.15, -0.1) is 0 Å². The molecule has 0 radical (unpaired) electrons. The van der Waals surface area contributed by atoms with Crippen LogP contribution in [-0.4, -0.2) is 30.9 Å². The van der Waals surface area contributed by atoms with E-state index in [-0.39, 0.29) is 24.2 Å². The highest BCUT2D eigenvalue weighted by Gasteiger charge is 2.23. The molecule has 1 aliphatic heterocycles. The zero-order valence-electron chi connectivity index (χ0n) is 14.3. The molecule has 0 aromatic heterocycles. The smallest absolute Gasteiger partial charge is 0.414 e. The second-order valence-electron chi connectivity index (χ2n) is 6.00. The fourth-order valence-corrected chi connectivity index (χ4v) is 2.75. The summed E-state index contributed by atoms with van der Waals surface area (Å²) in [4.78, 5) is 37.1. The molecule has 0 aliphatic carbocycles. The largest absolute Gasteiger partial charge is 0.447 e. The molecule has 1 aliphatic rings. The van der Waals surface area contributed by atoms with Gasteiger partial charge in [-0.25, -0.2) is 4.79 Å². The van der Waals surface area contributed by atoms with E-state index in [4.69, 9.17) is 4.74 Å². The Bertz CT molecular complexity index is 787. The number of cyclic esters (lactones) is 1. The minimum absolute atomic E-state index is 0.0419. The number of amides is 2. The van der Waals surface area contributed by atoms with Crippen LogP contribution in [0.5, 0.6) is 0 Å². The van der Waals surface area contributed by atoms with Crippen molar-refractivity contribution >= 4 is 29.2 Å². The molecule has 1 saturated heterocycles. The summed E-state index contributed by atoms with van der Waals surface area (Å²) in [6.07, 6.45) is 0.758. The average molecular weight is 352 g/mol. The van der Waals surface area contributed by atoms with Crippen LogP contribution in [0, 0.1) is 0 Å². The van der Waals surface area contributed by atoms with E-state index in [2.05, 4.69) is 5.32 Å². The number of carbonyl (C=O) groups is 3. The zero-order valence-corrected chi connectivity index (χ0v) is 14.3. The van der Waals surface area contributed by atoms with Gasteiger partial charge in [0, 0.05) is 29.8 Å². The van der Waals surface area contributed by atoms with E-state index < -0.39 is 0 Å². The van der Waals surface area contributed by atoms with Crippen molar-refractivity contribution in [2.24, 2.45) is 0 Å². The van der Waals surface area contributed by atoms with Gasteiger partial charge in [0.15, 0.2) is 5.78 Å². The molecule has 26 heavy (non-hydrogen) atoms. The van der Waals surface area contributed by atoms with E-state index in [1.165, 1.54) is 0 Å². The van der Waals surface area contributed by atoms with Crippen molar-refractivity contribution < 1.29 is 19.1 Å². The number of nitrogens with zero attached hydrogens (tertiary/aromatic N) is 1. The van der Waals surface area contributed by atoms with E-state index >= 15 is 0 Å². The Morgan fingerprint density at radius 3 is 2.38 bits per heavy atom. The first-order valence-corrected chi connectivity index (χ1v) is 8.56. The molecule has 0 spiro atoms. The van der Waals surface area contributed by atoms with E-state index in [0.717, 1.165) is 5.69 Å². The van der Waals surface area contributed by atoms with E-state index in [0.29, 0.717) is 37.2 Å². The third kappa shape index (κ3) is 4.47. The molecule has 2 aromatic carbocycles. The van der Waals surface area contributed by atoms with Gasteiger partial charge in [0.1, 0.15) is 6.61 Å². The predicted octanol–water partition coefficient (Wildman–Crippen LogP) is 3.63. The van der Waals surface area contributed by atoms with Crippen LogP contribution in [0.15, 0.2) is 54.6 Å². The van der Waals surface area contributed by atoms with E-state index in [1.54, 1.807) is 41.3 Å². The highest BCUT2D eigenvalue weighted by Crippen LogP contribution is 2.21. The predicted molar refractivity (Wildman–Crippen MR) is 98.4 cm³/mol. The number of nitrogens with one attached hydrogen (secondary N) is 1. The third-order valence-electron chi connectivity index (χ3n) is 4.13. The van der Waals surface area contributed by atoms with Crippen LogP contribution in [-0.2, 0) is 9.53 Å². The molecule has 3 rings (SSSR count). The maximum atomic E-state index is 12.0. The first kappa shape index (κ1) is 17.7. The van der Waals surface area contributed by atoms with Crippen molar-refractivity contribution in [2.45, 2.75) is 19.3 Å². The van der Waals surface area contributed by atoms with Crippen molar-refractivity contribution in [1.29, 1.82) is 0 Å². The van der Waals surface area contributed by atoms with Crippen LogP contribution in [0.3, 0.4) is 0 Å². The highest BCUT2D eigenvalue weighted by atomic mass is 16.6. The fraction of sp³-hybridized carbons (Fsp3) is 0.250. The Kier molecular flexibility index (Phi) is 5.63. The maximum absolute atomic E-state index is 12.0. The number of carbonyl (C=O) groups excluding carboxylic acids is 3. The topological polar surface area (TPSA) is 75.7 Å². The van der Waals surface area contributed by atoms with Gasteiger partial charge < -0.3 is 10.1 Å². The molecule has 2 amide bonds. The number of rotatable bonds is 7. The molecule has 1 fully saturated rings. The summed E-state index contributed by atoms with van der Waals surface area (Å²) in [5.74, 6) is -0.0977. The van der Waals surface area contributed by atoms with Crippen molar-refractivity contribution in [3.63, 3.8) is 0 Å². The summed E-state index contributed by atoms with van der Waals surface area (Å²) in [7, 11) is 0. The molecular weight excluding hydrogens is 332 g/mol. The van der Waals surface area contributed by atoms with Crippen molar-refractivity contribution in [3.8, 4) is 0 Å². The second kappa shape index (κ2) is 8.29. The van der Waals surface area contributed by atoms with Gasteiger partial charge >= 0.3 is 6.09 Å². The Morgan fingerprint density at radius 2 is 1.73 bits per heavy atom. The Hall–Kier alpha value is -3.15. The molecule has 6 heteroatoms. The van der Waals surface area contributed by atoms with Gasteiger partial charge in [0.05, 0.1) is 6.54 Å². The molecule has 0 saturated carbocycles. The van der Waals surface area contributed by atoms with Crippen LogP contribution >= 0.6 is 0 Å². The highest BCUT2D eigenvalue weighted by molar-refractivity contribution is 5.97. The monoisotopic (exact) mass is 352 g/mol. The Morgan fingerprint density at radius 1 is 1.00 bits per heavy atom. The number of hydrogen-bond acceptors (Lipinski definition) is 4. The zero-order chi connectivity index (χ0) is 18.4. The second-order valence-corrected chi connectivity index (χ2v) is 6.00. The number of ether oxygens (including phenoxy) is 1. The fourth-order valence-electron chi connectivity index (χ4n) is 2.75. The van der Waals surface area contributed by atoms with Gasteiger partial charge in [-0.3, -0.25) is 14.5 Å². The lowest BCUT2D eigenvalue weighted by atomic mass is 10.1. The molecule has 2 aromatic rings. The summed E-state index contributed by atoms with van der Waals surface area (Å²) < 4.78 is 4.90. The van der Waals surface area contributed by atoms with Gasteiger partial charge in [0.25, 0.3) is 0 Å². The standard InChI is InChI=1S/C20H20N2O4/c23-18(15-5-2-1-3-6-15)7-4-8-19(24)21-16-9-11-17(12-10-16)22-13-14-26-20(22)25/h1-3,5-6,9-12H,4,7-8,13-14H2,(H,21,24). The quantitative estimate of drug-likeness (QED) is 0.772. The molecule has 1 N–H and O–H groups in total. The first-order valence-electron chi connectivity index (χ1n) is 8.56. The maximum Gasteiger partial charge on any atom is 0.414 e. The van der Waals surface area contributed by atoms with Crippen molar-refractivity contribution in [1.82, 2.24) is 0 Å². The summed E-state index contributed by atoms with van der Waals surface area (Å²) in [5.41, 5.74) is 2.06. The van der Waals surface area contributed by atoms with Gasteiger partial charge in [-0.2, -0.15) is 0 Å². The third-order valence-corrected chi connectivity index (χ3v) is 4.13. The van der Waals surface area contributed by atoms with Crippen molar-refractivity contribution in [3.05, 3.63) is 60.2 Å². The lowest BCUT2D eigenvalue weighted by molar-refractivity contribution is -0.116. The number of ketones is 1. The number of anilines is 2.